The first-order chi connectivity index (χ1) is 12.0. The van der Waals surface area contributed by atoms with Crippen molar-refractivity contribution in [1.29, 1.82) is 0 Å². The molecule has 6 heteroatoms. The minimum atomic E-state index is -0.305. The van der Waals surface area contributed by atoms with Crippen LogP contribution in [0, 0.1) is 6.92 Å². The van der Waals surface area contributed by atoms with E-state index in [0.29, 0.717) is 26.6 Å². The highest BCUT2D eigenvalue weighted by Gasteiger charge is 2.08. The van der Waals surface area contributed by atoms with Gasteiger partial charge in [-0.15, -0.1) is 0 Å². The standard InChI is InChI=1S/C19H14BrClN2O2/c1-12-6-7-13(10-17(12)21)18-9-8-14(25-18)11-22-23-19(24)15-4-2-3-5-16(15)20/h2-11H,1H3,(H,23,24). The van der Waals surface area contributed by atoms with Gasteiger partial charge in [-0.05, 0) is 58.7 Å². The number of halogens is 2. The summed E-state index contributed by atoms with van der Waals surface area (Å²) in [5, 5.41) is 4.62. The molecule has 0 aliphatic carbocycles. The van der Waals surface area contributed by atoms with Gasteiger partial charge in [0.2, 0.25) is 0 Å². The van der Waals surface area contributed by atoms with E-state index in [1.54, 1.807) is 24.3 Å². The van der Waals surface area contributed by atoms with Crippen LogP contribution in [0.2, 0.25) is 5.02 Å². The Hall–Kier alpha value is -2.37. The first-order valence-corrected chi connectivity index (χ1v) is 8.66. The van der Waals surface area contributed by atoms with E-state index in [4.69, 9.17) is 16.0 Å². The fraction of sp³-hybridized carbons (Fsp3) is 0.0526. The maximum atomic E-state index is 12.1. The van der Waals surface area contributed by atoms with Gasteiger partial charge in [0.05, 0.1) is 11.8 Å². The van der Waals surface area contributed by atoms with Crippen LogP contribution in [-0.4, -0.2) is 12.1 Å². The summed E-state index contributed by atoms with van der Waals surface area (Å²) in [5.41, 5.74) is 4.87. The lowest BCUT2D eigenvalue weighted by Gasteiger charge is -2.01. The maximum Gasteiger partial charge on any atom is 0.272 e. The zero-order valence-electron chi connectivity index (χ0n) is 13.3. The normalized spacial score (nSPS) is 11.0. The number of hydrazone groups is 1. The van der Waals surface area contributed by atoms with Gasteiger partial charge in [0.25, 0.3) is 5.91 Å². The molecule has 0 saturated carbocycles. The molecule has 25 heavy (non-hydrogen) atoms. The maximum absolute atomic E-state index is 12.1. The van der Waals surface area contributed by atoms with Crippen LogP contribution in [0.15, 0.2) is 68.6 Å². The molecule has 1 heterocycles. The summed E-state index contributed by atoms with van der Waals surface area (Å²) in [6.45, 7) is 1.94. The van der Waals surface area contributed by atoms with E-state index in [1.807, 2.05) is 37.3 Å². The summed E-state index contributed by atoms with van der Waals surface area (Å²) < 4.78 is 6.41. The number of carbonyl (C=O) groups is 1. The van der Waals surface area contributed by atoms with E-state index in [0.717, 1.165) is 11.1 Å². The molecular formula is C19H14BrClN2O2. The highest BCUT2D eigenvalue weighted by Crippen LogP contribution is 2.26. The van der Waals surface area contributed by atoms with Crippen molar-refractivity contribution in [3.05, 3.63) is 81.0 Å². The summed E-state index contributed by atoms with van der Waals surface area (Å²) in [4.78, 5) is 12.1. The first kappa shape index (κ1) is 17.5. The topological polar surface area (TPSA) is 54.6 Å². The molecule has 3 rings (SSSR count). The molecule has 1 N–H and O–H groups in total. The summed E-state index contributed by atoms with van der Waals surface area (Å²) in [7, 11) is 0. The van der Waals surface area contributed by atoms with Crippen LogP contribution < -0.4 is 5.43 Å². The van der Waals surface area contributed by atoms with Crippen LogP contribution in [0.3, 0.4) is 0 Å². The number of hydrogen-bond donors (Lipinski definition) is 1. The predicted molar refractivity (Wildman–Crippen MR) is 103 cm³/mol. The Morgan fingerprint density at radius 1 is 1.20 bits per heavy atom. The summed E-state index contributed by atoms with van der Waals surface area (Å²) >= 11 is 9.47. The van der Waals surface area contributed by atoms with Crippen molar-refractivity contribution in [1.82, 2.24) is 5.43 Å². The molecule has 1 aromatic heterocycles. The molecule has 0 aliphatic heterocycles. The monoisotopic (exact) mass is 416 g/mol. The Morgan fingerprint density at radius 3 is 2.76 bits per heavy atom. The minimum absolute atomic E-state index is 0.305. The van der Waals surface area contributed by atoms with Crippen LogP contribution in [0.25, 0.3) is 11.3 Å². The summed E-state index contributed by atoms with van der Waals surface area (Å²) in [5.74, 6) is 0.903. The smallest absolute Gasteiger partial charge is 0.272 e. The van der Waals surface area contributed by atoms with Crippen molar-refractivity contribution in [3.63, 3.8) is 0 Å². The van der Waals surface area contributed by atoms with Gasteiger partial charge in [-0.1, -0.05) is 35.9 Å². The highest BCUT2D eigenvalue weighted by atomic mass is 79.9. The van der Waals surface area contributed by atoms with Gasteiger partial charge in [0.1, 0.15) is 11.5 Å². The summed E-state index contributed by atoms with van der Waals surface area (Å²) in [6, 6.07) is 16.5. The van der Waals surface area contributed by atoms with Crippen LogP contribution in [0.5, 0.6) is 0 Å². The third-order valence-electron chi connectivity index (χ3n) is 3.56. The zero-order valence-corrected chi connectivity index (χ0v) is 15.6. The summed E-state index contributed by atoms with van der Waals surface area (Å²) in [6.07, 6.45) is 1.45. The second kappa shape index (κ2) is 7.68. The Balaban J connectivity index is 1.69. The Kier molecular flexibility index (Phi) is 5.36. The third kappa shape index (κ3) is 4.18. The molecule has 0 saturated heterocycles. The average Bonchev–Trinajstić information content (AvgIpc) is 3.06. The van der Waals surface area contributed by atoms with Gasteiger partial charge < -0.3 is 4.42 Å². The molecule has 3 aromatic rings. The highest BCUT2D eigenvalue weighted by molar-refractivity contribution is 9.10. The molecule has 4 nitrogen and oxygen atoms in total. The molecule has 126 valence electrons. The molecule has 0 unspecified atom stereocenters. The molecule has 0 spiro atoms. The quantitative estimate of drug-likeness (QED) is 0.454. The third-order valence-corrected chi connectivity index (χ3v) is 4.66. The zero-order chi connectivity index (χ0) is 17.8. The first-order valence-electron chi connectivity index (χ1n) is 7.49. The molecule has 0 fully saturated rings. The van der Waals surface area contributed by atoms with Crippen molar-refractivity contribution in [3.8, 4) is 11.3 Å². The average molecular weight is 418 g/mol. The van der Waals surface area contributed by atoms with Crippen LogP contribution in [0.1, 0.15) is 21.7 Å². The van der Waals surface area contributed by atoms with E-state index in [-0.39, 0.29) is 5.91 Å². The van der Waals surface area contributed by atoms with Crippen molar-refractivity contribution in [2.75, 3.05) is 0 Å². The Labute approximate surface area is 158 Å². The van der Waals surface area contributed by atoms with Gasteiger partial charge in [-0.3, -0.25) is 4.79 Å². The Morgan fingerprint density at radius 2 is 2.00 bits per heavy atom. The van der Waals surface area contributed by atoms with E-state index in [1.165, 1.54) is 6.21 Å². The number of amides is 1. The second-order valence-corrected chi connectivity index (χ2v) is 6.61. The minimum Gasteiger partial charge on any atom is -0.455 e. The molecule has 0 radical (unpaired) electrons. The lowest BCUT2D eigenvalue weighted by atomic mass is 10.1. The van der Waals surface area contributed by atoms with Gasteiger partial charge in [-0.2, -0.15) is 5.10 Å². The van der Waals surface area contributed by atoms with Crippen molar-refractivity contribution in [2.24, 2.45) is 5.10 Å². The number of rotatable bonds is 4. The molecule has 1 amide bonds. The van der Waals surface area contributed by atoms with E-state index in [2.05, 4.69) is 26.5 Å². The fourth-order valence-corrected chi connectivity index (χ4v) is 2.83. The number of hydrogen-bond acceptors (Lipinski definition) is 3. The van der Waals surface area contributed by atoms with Crippen molar-refractivity contribution in [2.45, 2.75) is 6.92 Å². The van der Waals surface area contributed by atoms with E-state index in [9.17, 15) is 4.79 Å². The van der Waals surface area contributed by atoms with Gasteiger partial charge in [0, 0.05) is 15.1 Å². The number of nitrogens with one attached hydrogen (secondary N) is 1. The van der Waals surface area contributed by atoms with Crippen LogP contribution in [0.4, 0.5) is 0 Å². The predicted octanol–water partition coefficient (Wildman–Crippen LogP) is 5.43. The van der Waals surface area contributed by atoms with Crippen molar-refractivity contribution < 1.29 is 9.21 Å². The van der Waals surface area contributed by atoms with E-state index >= 15 is 0 Å². The van der Waals surface area contributed by atoms with Crippen LogP contribution >= 0.6 is 27.5 Å². The molecule has 0 atom stereocenters. The molecule has 2 aromatic carbocycles. The number of furan rings is 1. The van der Waals surface area contributed by atoms with E-state index < -0.39 is 0 Å². The molecule has 0 aliphatic rings. The second-order valence-electron chi connectivity index (χ2n) is 5.34. The van der Waals surface area contributed by atoms with Gasteiger partial charge in [0.15, 0.2) is 0 Å². The Bertz CT molecular complexity index is 950. The number of benzene rings is 2. The molecule has 0 bridgehead atoms. The fourth-order valence-electron chi connectivity index (χ4n) is 2.18. The molecular weight excluding hydrogens is 404 g/mol. The van der Waals surface area contributed by atoms with Gasteiger partial charge in [-0.25, -0.2) is 5.43 Å². The largest absolute Gasteiger partial charge is 0.455 e. The lowest BCUT2D eigenvalue weighted by Crippen LogP contribution is -2.17. The van der Waals surface area contributed by atoms with Crippen LogP contribution in [-0.2, 0) is 0 Å². The number of nitrogens with zero attached hydrogens (tertiary/aromatic N) is 1. The SMILES string of the molecule is Cc1ccc(-c2ccc(C=NNC(=O)c3ccccc3Br)o2)cc1Cl. The number of carbonyl (C=O) groups excluding carboxylic acids is 1. The van der Waals surface area contributed by atoms with Gasteiger partial charge >= 0.3 is 0 Å². The lowest BCUT2D eigenvalue weighted by molar-refractivity contribution is 0.0954. The van der Waals surface area contributed by atoms with Crippen molar-refractivity contribution >= 4 is 39.7 Å². The number of aryl methyl sites for hydroxylation is 1.